The molecule has 0 atom stereocenters. The number of halogens is 3. The summed E-state index contributed by atoms with van der Waals surface area (Å²) < 4.78 is 34.4. The molecule has 0 heterocycles. The number of allylic oxidation sites excluding steroid dienone is 1. The quantitative estimate of drug-likeness (QED) is 0.733. The predicted octanol–water partition coefficient (Wildman–Crippen LogP) is 3.48. The maximum absolute atomic E-state index is 11.8. The van der Waals surface area contributed by atoms with Crippen molar-refractivity contribution in [2.75, 3.05) is 0 Å². The van der Waals surface area contributed by atoms with E-state index < -0.39 is 18.1 Å². The van der Waals surface area contributed by atoms with Crippen LogP contribution in [-0.4, -0.2) is 16.4 Å². The Balaban J connectivity index is 0. The number of hydrogen-bond acceptors (Lipinski definition) is 1. The van der Waals surface area contributed by atoms with E-state index in [1.807, 2.05) is 6.92 Å². The monoisotopic (exact) mass is 200 g/mol. The lowest BCUT2D eigenvalue weighted by atomic mass is 10.2. The Morgan fingerprint density at radius 1 is 1.23 bits per heavy atom. The maximum atomic E-state index is 11.8. The zero-order valence-electron chi connectivity index (χ0n) is 7.06. The molecule has 0 spiro atoms. The van der Waals surface area contributed by atoms with Crippen molar-refractivity contribution in [2.45, 2.75) is 26.2 Å². The van der Waals surface area contributed by atoms with Crippen LogP contribution in [0.4, 0.5) is 18.0 Å². The van der Waals surface area contributed by atoms with Crippen LogP contribution in [0.15, 0.2) is 11.9 Å². The second-order valence-corrected chi connectivity index (χ2v) is 2.05. The van der Waals surface area contributed by atoms with Crippen molar-refractivity contribution in [1.29, 1.82) is 0 Å². The number of carboxylic acid groups (broad SMARTS) is 2. The van der Waals surface area contributed by atoms with Gasteiger partial charge < -0.3 is 10.2 Å². The van der Waals surface area contributed by atoms with Crippen LogP contribution < -0.4 is 0 Å². The van der Waals surface area contributed by atoms with Gasteiger partial charge in [0.2, 0.25) is 0 Å². The molecule has 0 aliphatic rings. The van der Waals surface area contributed by atoms with Crippen LogP contribution in [0.1, 0.15) is 26.2 Å². The first kappa shape index (κ1) is 14.3. The van der Waals surface area contributed by atoms with Gasteiger partial charge >= 0.3 is 12.2 Å². The van der Waals surface area contributed by atoms with E-state index in [4.69, 9.17) is 15.0 Å². The van der Waals surface area contributed by atoms with Gasteiger partial charge in [-0.05, 0) is 6.42 Å². The fraction of sp³-hybridized carbons (Fsp3) is 0.571. The van der Waals surface area contributed by atoms with Gasteiger partial charge in [0.25, 0.3) is 0 Å². The second kappa shape index (κ2) is 8.89. The van der Waals surface area contributed by atoms with E-state index in [1.165, 1.54) is 0 Å². The van der Waals surface area contributed by atoms with Crippen molar-refractivity contribution in [2.24, 2.45) is 0 Å². The predicted molar refractivity (Wildman–Crippen MR) is 40.5 cm³/mol. The van der Waals surface area contributed by atoms with Crippen LogP contribution in [0, 0.1) is 0 Å². The van der Waals surface area contributed by atoms with Gasteiger partial charge in [0, 0.05) is 6.42 Å². The fourth-order valence-corrected chi connectivity index (χ4v) is 0.426. The van der Waals surface area contributed by atoms with Crippen molar-refractivity contribution in [3.8, 4) is 0 Å². The number of unbranched alkanes of at least 4 members (excludes halogenated alkanes) is 1. The highest BCUT2D eigenvalue weighted by atomic mass is 19.3. The van der Waals surface area contributed by atoms with Gasteiger partial charge in [-0.3, -0.25) is 0 Å². The van der Waals surface area contributed by atoms with E-state index in [9.17, 15) is 13.2 Å². The molecule has 0 aromatic rings. The molecule has 0 unspecified atom stereocenters. The average Bonchev–Trinajstić information content (AvgIpc) is 1.98. The Morgan fingerprint density at radius 2 is 1.62 bits per heavy atom. The topological polar surface area (TPSA) is 57.5 Å². The van der Waals surface area contributed by atoms with E-state index in [2.05, 4.69) is 0 Å². The standard InChI is InChI=1S/C6H9F3.CH2O3/c1-2-3-4-5(7)6(8)9;2-1(3)4/h2-4H2,1H3;(H2,2,3,4). The Morgan fingerprint density at radius 3 is 1.85 bits per heavy atom. The molecule has 0 rings (SSSR count). The summed E-state index contributed by atoms with van der Waals surface area (Å²) in [6.07, 6.45) is -2.91. The van der Waals surface area contributed by atoms with Crippen LogP contribution in [-0.2, 0) is 0 Å². The van der Waals surface area contributed by atoms with Crippen LogP contribution in [0.5, 0.6) is 0 Å². The first-order valence-electron chi connectivity index (χ1n) is 3.53. The highest BCUT2D eigenvalue weighted by Gasteiger charge is 2.02. The number of rotatable bonds is 3. The van der Waals surface area contributed by atoms with E-state index in [1.54, 1.807) is 0 Å². The molecule has 0 saturated carbocycles. The van der Waals surface area contributed by atoms with Crippen molar-refractivity contribution in [1.82, 2.24) is 0 Å². The minimum absolute atomic E-state index is 0.126. The van der Waals surface area contributed by atoms with Crippen molar-refractivity contribution < 1.29 is 28.2 Å². The highest BCUT2D eigenvalue weighted by molar-refractivity contribution is 5.53. The van der Waals surface area contributed by atoms with E-state index >= 15 is 0 Å². The van der Waals surface area contributed by atoms with Crippen LogP contribution in [0.2, 0.25) is 0 Å². The third-order valence-corrected chi connectivity index (χ3v) is 0.955. The van der Waals surface area contributed by atoms with Crippen LogP contribution >= 0.6 is 0 Å². The van der Waals surface area contributed by atoms with Gasteiger partial charge in [-0.15, -0.1) is 0 Å². The van der Waals surface area contributed by atoms with Crippen molar-refractivity contribution >= 4 is 6.16 Å². The summed E-state index contributed by atoms with van der Waals surface area (Å²) in [5.74, 6) is -1.27. The van der Waals surface area contributed by atoms with E-state index in [0.29, 0.717) is 6.42 Å². The molecule has 3 nitrogen and oxygen atoms in total. The third-order valence-electron chi connectivity index (χ3n) is 0.955. The van der Waals surface area contributed by atoms with E-state index in [0.717, 1.165) is 6.42 Å². The molecule has 0 bridgehead atoms. The molecule has 78 valence electrons. The van der Waals surface area contributed by atoms with E-state index in [-0.39, 0.29) is 6.42 Å². The second-order valence-electron chi connectivity index (χ2n) is 2.05. The normalized spacial score (nSPS) is 8.31. The largest absolute Gasteiger partial charge is 0.503 e. The minimum Gasteiger partial charge on any atom is -0.450 e. The summed E-state index contributed by atoms with van der Waals surface area (Å²) >= 11 is 0. The Labute approximate surface area is 73.5 Å². The van der Waals surface area contributed by atoms with Crippen LogP contribution in [0.3, 0.4) is 0 Å². The first-order valence-corrected chi connectivity index (χ1v) is 3.53. The lowest BCUT2D eigenvalue weighted by Gasteiger charge is -1.90. The maximum Gasteiger partial charge on any atom is 0.503 e. The van der Waals surface area contributed by atoms with Gasteiger partial charge in [0.05, 0.1) is 0 Å². The molecule has 0 amide bonds. The molecule has 0 aromatic carbocycles. The van der Waals surface area contributed by atoms with Gasteiger partial charge in [-0.2, -0.15) is 8.78 Å². The Bertz CT molecular complexity index is 172. The number of carbonyl (C=O) groups is 1. The van der Waals surface area contributed by atoms with Crippen molar-refractivity contribution in [3.63, 3.8) is 0 Å². The van der Waals surface area contributed by atoms with Gasteiger partial charge in [-0.25, -0.2) is 9.18 Å². The summed E-state index contributed by atoms with van der Waals surface area (Å²) in [6.45, 7) is 1.82. The molecular weight excluding hydrogens is 189 g/mol. The molecule has 13 heavy (non-hydrogen) atoms. The Hall–Kier alpha value is -1.20. The molecule has 0 aromatic heterocycles. The Kier molecular flexibility index (Phi) is 9.80. The molecule has 0 saturated heterocycles. The first-order chi connectivity index (χ1) is 5.91. The molecular formula is C7H11F3O3. The fourth-order valence-electron chi connectivity index (χ4n) is 0.426. The summed E-state index contributed by atoms with van der Waals surface area (Å²) in [7, 11) is 0. The molecule has 0 aliphatic carbocycles. The summed E-state index contributed by atoms with van der Waals surface area (Å²) in [5, 5.41) is 13.9. The molecule has 0 aliphatic heterocycles. The minimum atomic E-state index is -2.18. The zero-order chi connectivity index (χ0) is 10.9. The third kappa shape index (κ3) is 18.1. The molecule has 6 heteroatoms. The lowest BCUT2D eigenvalue weighted by molar-refractivity contribution is 0.137. The molecule has 0 radical (unpaired) electrons. The summed E-state index contributed by atoms with van der Waals surface area (Å²) in [4.78, 5) is 8.56. The van der Waals surface area contributed by atoms with Crippen LogP contribution in [0.25, 0.3) is 0 Å². The highest BCUT2D eigenvalue weighted by Crippen LogP contribution is 2.15. The smallest absolute Gasteiger partial charge is 0.450 e. The van der Waals surface area contributed by atoms with Gasteiger partial charge in [0.15, 0.2) is 5.83 Å². The molecule has 2 N–H and O–H groups in total. The van der Waals surface area contributed by atoms with Gasteiger partial charge in [-0.1, -0.05) is 13.3 Å². The molecule has 0 fully saturated rings. The zero-order valence-corrected chi connectivity index (χ0v) is 7.06. The van der Waals surface area contributed by atoms with Gasteiger partial charge in [0.1, 0.15) is 0 Å². The summed E-state index contributed by atoms with van der Waals surface area (Å²) in [5.41, 5.74) is 0. The number of hydrogen-bond donors (Lipinski definition) is 2. The summed E-state index contributed by atoms with van der Waals surface area (Å²) in [6, 6.07) is 0. The van der Waals surface area contributed by atoms with Crippen molar-refractivity contribution in [3.05, 3.63) is 11.9 Å². The lowest BCUT2D eigenvalue weighted by Crippen LogP contribution is -1.81. The SMILES string of the molecule is CCCCC(F)=C(F)F.O=C(O)O. The average molecular weight is 200 g/mol.